The molecule has 68 heavy (non-hydrogen) atoms. The van der Waals surface area contributed by atoms with E-state index in [1.165, 1.54) is 4.90 Å². The Morgan fingerprint density at radius 2 is 1.71 bits per heavy atom. The average Bonchev–Trinajstić information content (AvgIpc) is 4.23. The van der Waals surface area contributed by atoms with Gasteiger partial charge in [0.25, 0.3) is 5.91 Å². The fraction of sp³-hybridized carbons (Fsp3) is 0.562. The van der Waals surface area contributed by atoms with E-state index in [1.54, 1.807) is 32.2 Å². The maximum absolute atomic E-state index is 15.0. The number of benzene rings is 2. The molecule has 1 unspecified atom stereocenters. The minimum absolute atomic E-state index is 0.0542. The van der Waals surface area contributed by atoms with Crippen molar-refractivity contribution >= 4 is 50.3 Å². The molecule has 1 aromatic heterocycles. The van der Waals surface area contributed by atoms with Crippen LogP contribution >= 0.6 is 0 Å². The number of rotatable bonds is 10. The molecule has 8 rings (SSSR count). The van der Waals surface area contributed by atoms with Gasteiger partial charge in [-0.15, -0.1) is 0 Å². The topological polar surface area (TPSA) is 195 Å². The van der Waals surface area contributed by atoms with E-state index in [9.17, 15) is 36.0 Å². The lowest BCUT2D eigenvalue weighted by Gasteiger charge is -2.34. The van der Waals surface area contributed by atoms with Gasteiger partial charge in [0.05, 0.1) is 37.8 Å². The molecule has 20 heteroatoms. The summed E-state index contributed by atoms with van der Waals surface area (Å²) in [5.74, 6) is -2.98. The van der Waals surface area contributed by atoms with Crippen molar-refractivity contribution in [1.82, 2.24) is 25.2 Å². The number of aromatic nitrogens is 1. The third-order valence-electron chi connectivity index (χ3n) is 13.7. The van der Waals surface area contributed by atoms with Crippen LogP contribution in [-0.4, -0.2) is 123 Å². The Hall–Kier alpha value is -5.63. The van der Waals surface area contributed by atoms with Gasteiger partial charge in [-0.1, -0.05) is 38.1 Å². The Morgan fingerprint density at radius 1 is 0.985 bits per heavy atom. The van der Waals surface area contributed by atoms with Gasteiger partial charge >= 0.3 is 12.3 Å². The largest absolute Gasteiger partial charge is 0.497 e. The van der Waals surface area contributed by atoms with E-state index >= 15 is 4.79 Å². The Labute approximate surface area is 393 Å². The minimum atomic E-state index is -4.93. The number of alkyl carbamates (subject to hydrolysis) is 1. The van der Waals surface area contributed by atoms with Crippen molar-refractivity contribution in [3.05, 3.63) is 60.7 Å². The average molecular weight is 969 g/mol. The highest BCUT2D eigenvalue weighted by atomic mass is 32.2. The highest BCUT2D eigenvalue weighted by molar-refractivity contribution is 7.91. The van der Waals surface area contributed by atoms with E-state index in [-0.39, 0.29) is 31.2 Å². The van der Waals surface area contributed by atoms with Crippen molar-refractivity contribution in [2.45, 2.75) is 113 Å². The molecule has 0 spiro atoms. The Morgan fingerprint density at radius 3 is 2.38 bits per heavy atom. The molecule has 16 nitrogen and oxygen atoms in total. The van der Waals surface area contributed by atoms with Crippen LogP contribution in [0.15, 0.2) is 60.7 Å². The van der Waals surface area contributed by atoms with Crippen LogP contribution in [0.25, 0.3) is 22.0 Å². The standard InChI is InChI=1S/C48H59F3N6O10S/c1-28-8-6-7-9-32-26-47(32,44(60)55-68(62,63)36-15-16-36)54-41(58)39-25-35(27-57(39)43(59)40(29(2)22-28)53-45(61)67-46(3,4)48(49,50)51)66-42-37-17-14-34(64-5)23-31(37)24-38(52-42)30-10-12-33(13-11-30)56-18-20-65-21-19-56/h7,9-14,17,23-24,28-29,32,35-36,39-40H,6,8,15-16,18-22,25-27H2,1-5H3,(H,53,61)(H,54,58)(H,55,60)/b9-7-/t28-,29+,32?,35+,39-,40-,47+/m0/s1. The monoisotopic (exact) mass is 968 g/mol. The number of alkyl halides is 3. The van der Waals surface area contributed by atoms with Crippen LogP contribution in [-0.2, 0) is 33.9 Å². The molecule has 2 aromatic carbocycles. The van der Waals surface area contributed by atoms with Crippen LogP contribution in [0.5, 0.6) is 11.6 Å². The summed E-state index contributed by atoms with van der Waals surface area (Å²) in [7, 11) is -2.46. The zero-order valence-electron chi connectivity index (χ0n) is 38.8. The number of amides is 4. The van der Waals surface area contributed by atoms with E-state index in [2.05, 4.69) is 20.3 Å². The van der Waals surface area contributed by atoms with Crippen LogP contribution in [0, 0.1) is 17.8 Å². The fourth-order valence-corrected chi connectivity index (χ4v) is 10.7. The second-order valence-corrected chi connectivity index (χ2v) is 21.3. The number of nitrogens with one attached hydrogen (secondary N) is 3. The number of carbonyl (C=O) groups is 4. The van der Waals surface area contributed by atoms with Gasteiger partial charge in [0.15, 0.2) is 0 Å². The zero-order valence-corrected chi connectivity index (χ0v) is 39.6. The molecular weight excluding hydrogens is 910 g/mol. The molecule has 2 saturated carbocycles. The summed E-state index contributed by atoms with van der Waals surface area (Å²) < 4.78 is 92.6. The van der Waals surface area contributed by atoms with Crippen LogP contribution < -0.4 is 29.7 Å². The number of sulfonamides is 1. The van der Waals surface area contributed by atoms with Gasteiger partial charge in [0.2, 0.25) is 33.3 Å². The third kappa shape index (κ3) is 10.5. The lowest BCUT2D eigenvalue weighted by molar-refractivity contribution is -0.244. The van der Waals surface area contributed by atoms with E-state index in [1.807, 2.05) is 49.4 Å². The van der Waals surface area contributed by atoms with Gasteiger partial charge in [0.1, 0.15) is 29.5 Å². The summed E-state index contributed by atoms with van der Waals surface area (Å²) in [5, 5.41) is 5.85. The molecule has 2 saturated heterocycles. The molecule has 0 bridgehead atoms. The van der Waals surface area contributed by atoms with Crippen molar-refractivity contribution in [3.63, 3.8) is 0 Å². The molecule has 7 atom stereocenters. The number of hydrogen-bond donors (Lipinski definition) is 3. The highest BCUT2D eigenvalue weighted by Crippen LogP contribution is 2.46. The second-order valence-electron chi connectivity index (χ2n) is 19.3. The van der Waals surface area contributed by atoms with Crippen molar-refractivity contribution in [2.75, 3.05) is 44.9 Å². The number of nitrogens with zero attached hydrogens (tertiary/aromatic N) is 3. The first-order valence-electron chi connectivity index (χ1n) is 23.2. The normalized spacial score (nSPS) is 27.7. The quantitative estimate of drug-likeness (QED) is 0.200. The summed E-state index contributed by atoms with van der Waals surface area (Å²) >= 11 is 0. The zero-order chi connectivity index (χ0) is 48.8. The number of fused-ring (bicyclic) bond motifs is 3. The number of pyridine rings is 1. The highest BCUT2D eigenvalue weighted by Gasteiger charge is 2.62. The van der Waals surface area contributed by atoms with Gasteiger partial charge in [0, 0.05) is 42.1 Å². The summed E-state index contributed by atoms with van der Waals surface area (Å²) in [5.41, 5.74) is -2.19. The van der Waals surface area contributed by atoms with E-state index in [0.29, 0.717) is 76.0 Å². The Kier molecular flexibility index (Phi) is 13.7. The van der Waals surface area contributed by atoms with Gasteiger partial charge < -0.3 is 39.4 Å². The van der Waals surface area contributed by atoms with Crippen LogP contribution in [0.3, 0.4) is 0 Å². The molecule has 4 fully saturated rings. The third-order valence-corrected chi connectivity index (χ3v) is 15.6. The Bertz CT molecular complexity index is 2550. The number of methoxy groups -OCH3 is 1. The number of carbonyl (C=O) groups excluding carboxylic acids is 4. The van der Waals surface area contributed by atoms with E-state index in [0.717, 1.165) is 29.7 Å². The molecular formula is C48H59F3N6O10S. The Balaban J connectivity index is 1.14. The second kappa shape index (κ2) is 19.0. The maximum Gasteiger partial charge on any atom is 0.427 e. The van der Waals surface area contributed by atoms with Gasteiger partial charge in [-0.3, -0.25) is 19.1 Å². The number of morpholine rings is 1. The molecule has 4 amide bonds. The molecule has 3 aliphatic heterocycles. The summed E-state index contributed by atoms with van der Waals surface area (Å²) in [6, 6.07) is 12.4. The van der Waals surface area contributed by atoms with Gasteiger partial charge in [-0.25, -0.2) is 18.2 Å². The van der Waals surface area contributed by atoms with Crippen molar-refractivity contribution < 1.29 is 59.7 Å². The summed E-state index contributed by atoms with van der Waals surface area (Å²) in [6.45, 7) is 7.57. The number of halogens is 3. The molecule has 0 radical (unpaired) electrons. The molecule has 3 aromatic rings. The molecule has 368 valence electrons. The maximum atomic E-state index is 15.0. The SMILES string of the molecule is COc1ccc2c(O[C@@H]3C[C@H]4C(=O)N[C@]5(C(=O)NS(=O)(=O)C6CC6)CC5/C=C\CC[C@H](C)C[C@@H](C)[C@H](NC(=O)OC(C)(C)C(F)(F)F)C(=O)N4C3)nc(-c3ccc(N4CCOCC4)cc3)cc2c1. The van der Waals surface area contributed by atoms with E-state index < -0.39 is 86.4 Å². The van der Waals surface area contributed by atoms with E-state index in [4.69, 9.17) is 23.9 Å². The summed E-state index contributed by atoms with van der Waals surface area (Å²) in [6.07, 6.45) is -1.42. The molecule has 5 aliphatic rings. The van der Waals surface area contributed by atoms with Gasteiger partial charge in [-0.2, -0.15) is 13.2 Å². The van der Waals surface area contributed by atoms with Crippen LogP contribution in [0.1, 0.15) is 72.6 Å². The first-order valence-corrected chi connectivity index (χ1v) is 24.7. The summed E-state index contributed by atoms with van der Waals surface area (Å²) in [4.78, 5) is 65.5. The minimum Gasteiger partial charge on any atom is -0.497 e. The molecule has 3 N–H and O–H groups in total. The lowest BCUT2D eigenvalue weighted by Crippen LogP contribution is -2.59. The number of hydrogen-bond acceptors (Lipinski definition) is 12. The number of ether oxygens (including phenoxy) is 4. The molecule has 2 aliphatic carbocycles. The van der Waals surface area contributed by atoms with Crippen molar-refractivity contribution in [2.24, 2.45) is 17.8 Å². The number of allylic oxidation sites excluding steroid dienone is 1. The van der Waals surface area contributed by atoms with Crippen LogP contribution in [0.2, 0.25) is 0 Å². The lowest BCUT2D eigenvalue weighted by atomic mass is 9.88. The first-order chi connectivity index (χ1) is 32.2. The fourth-order valence-electron chi connectivity index (χ4n) is 9.34. The molecule has 4 heterocycles. The number of anilines is 1. The predicted molar refractivity (Wildman–Crippen MR) is 245 cm³/mol. The van der Waals surface area contributed by atoms with Crippen molar-refractivity contribution in [1.29, 1.82) is 0 Å². The van der Waals surface area contributed by atoms with Crippen molar-refractivity contribution in [3.8, 4) is 22.9 Å². The smallest absolute Gasteiger partial charge is 0.427 e. The predicted octanol–water partition coefficient (Wildman–Crippen LogP) is 6.03. The first kappa shape index (κ1) is 48.8. The van der Waals surface area contributed by atoms with Crippen LogP contribution in [0.4, 0.5) is 23.7 Å². The van der Waals surface area contributed by atoms with Gasteiger partial charge in [-0.05, 0) is 106 Å².